The molecule has 0 aliphatic rings. The molecule has 0 radical (unpaired) electrons. The highest BCUT2D eigenvalue weighted by atomic mass is 32.2. The van der Waals surface area contributed by atoms with Gasteiger partial charge in [0.1, 0.15) is 5.75 Å². The quantitative estimate of drug-likeness (QED) is 0.605. The lowest BCUT2D eigenvalue weighted by Gasteiger charge is -2.10. The summed E-state index contributed by atoms with van der Waals surface area (Å²) in [4.78, 5) is 12.1. The zero-order chi connectivity index (χ0) is 21.6. The molecule has 8 heteroatoms. The van der Waals surface area contributed by atoms with E-state index in [1.54, 1.807) is 36.4 Å². The maximum Gasteiger partial charge on any atom is 0.262 e. The highest BCUT2D eigenvalue weighted by molar-refractivity contribution is 7.92. The van der Waals surface area contributed by atoms with Gasteiger partial charge in [0.25, 0.3) is 15.9 Å². The summed E-state index contributed by atoms with van der Waals surface area (Å²) in [6.45, 7) is 1.66. The second kappa shape index (κ2) is 9.11. The van der Waals surface area contributed by atoms with Crippen LogP contribution in [0.5, 0.6) is 5.75 Å². The number of nitriles is 1. The van der Waals surface area contributed by atoms with Crippen molar-refractivity contribution in [3.63, 3.8) is 0 Å². The van der Waals surface area contributed by atoms with Crippen molar-refractivity contribution in [1.29, 1.82) is 5.26 Å². The second-order valence-electron chi connectivity index (χ2n) is 6.47. The first-order chi connectivity index (χ1) is 14.4. The molecule has 0 saturated heterocycles. The summed E-state index contributed by atoms with van der Waals surface area (Å²) in [6, 6.07) is 21.3. The Kier molecular flexibility index (Phi) is 6.35. The maximum absolute atomic E-state index is 12.5. The predicted molar refractivity (Wildman–Crippen MR) is 114 cm³/mol. The van der Waals surface area contributed by atoms with E-state index in [0.29, 0.717) is 22.7 Å². The molecule has 2 N–H and O–H groups in total. The van der Waals surface area contributed by atoms with Crippen molar-refractivity contribution < 1.29 is 17.9 Å². The highest BCUT2D eigenvalue weighted by Gasteiger charge is 2.14. The Morgan fingerprint density at radius 2 is 1.70 bits per heavy atom. The van der Waals surface area contributed by atoms with Crippen molar-refractivity contribution in [1.82, 2.24) is 0 Å². The number of carbonyl (C=O) groups excluding carboxylic acids is 1. The SMILES string of the molecule is Cc1ccc(NS(=O)(=O)c2ccc(OCC(=O)Nc3cccc(C#N)c3)cc2)cc1. The van der Waals surface area contributed by atoms with Crippen LogP contribution < -0.4 is 14.8 Å². The van der Waals surface area contributed by atoms with Gasteiger partial charge in [-0.25, -0.2) is 8.42 Å². The Morgan fingerprint density at radius 1 is 1.00 bits per heavy atom. The average molecular weight is 421 g/mol. The number of benzene rings is 3. The molecular formula is C22H19N3O4S. The van der Waals surface area contributed by atoms with Crippen LogP contribution >= 0.6 is 0 Å². The number of hydrogen-bond donors (Lipinski definition) is 2. The fraction of sp³-hybridized carbons (Fsp3) is 0.0909. The van der Waals surface area contributed by atoms with Crippen LogP contribution in [-0.2, 0) is 14.8 Å². The first-order valence-electron chi connectivity index (χ1n) is 8.98. The Labute approximate surface area is 175 Å². The molecule has 30 heavy (non-hydrogen) atoms. The van der Waals surface area contributed by atoms with Crippen LogP contribution in [0.15, 0.2) is 77.7 Å². The van der Waals surface area contributed by atoms with E-state index >= 15 is 0 Å². The van der Waals surface area contributed by atoms with Crippen LogP contribution in [0.25, 0.3) is 0 Å². The maximum atomic E-state index is 12.5. The third-order valence-electron chi connectivity index (χ3n) is 4.08. The molecule has 0 saturated carbocycles. The lowest BCUT2D eigenvalue weighted by molar-refractivity contribution is -0.118. The van der Waals surface area contributed by atoms with Gasteiger partial charge in [-0.05, 0) is 61.5 Å². The Balaban J connectivity index is 1.58. The van der Waals surface area contributed by atoms with Gasteiger partial charge in [-0.1, -0.05) is 23.8 Å². The number of amides is 1. The molecule has 152 valence electrons. The number of aryl methyl sites for hydroxylation is 1. The van der Waals surface area contributed by atoms with Crippen LogP contribution in [0.2, 0.25) is 0 Å². The first-order valence-corrected chi connectivity index (χ1v) is 10.5. The molecule has 0 fully saturated rings. The Hall–Kier alpha value is -3.83. The summed E-state index contributed by atoms with van der Waals surface area (Å²) in [6.07, 6.45) is 0. The summed E-state index contributed by atoms with van der Waals surface area (Å²) in [5, 5.41) is 11.5. The molecule has 0 spiro atoms. The van der Waals surface area contributed by atoms with Crippen LogP contribution in [-0.4, -0.2) is 20.9 Å². The van der Waals surface area contributed by atoms with Gasteiger partial charge < -0.3 is 10.1 Å². The van der Waals surface area contributed by atoms with E-state index in [0.717, 1.165) is 5.56 Å². The molecule has 3 aromatic carbocycles. The molecule has 0 aromatic heterocycles. The summed E-state index contributed by atoms with van der Waals surface area (Å²) >= 11 is 0. The van der Waals surface area contributed by atoms with E-state index in [9.17, 15) is 13.2 Å². The lowest BCUT2D eigenvalue weighted by atomic mass is 10.2. The monoisotopic (exact) mass is 421 g/mol. The molecule has 0 aliphatic heterocycles. The lowest BCUT2D eigenvalue weighted by Crippen LogP contribution is -2.20. The average Bonchev–Trinajstić information content (AvgIpc) is 2.74. The van der Waals surface area contributed by atoms with Crippen molar-refractivity contribution >= 4 is 27.3 Å². The summed E-state index contributed by atoms with van der Waals surface area (Å²) in [5.74, 6) is -0.0481. The number of carbonyl (C=O) groups is 1. The largest absolute Gasteiger partial charge is 0.484 e. The zero-order valence-corrected chi connectivity index (χ0v) is 16.9. The number of anilines is 2. The van der Waals surface area contributed by atoms with Crippen molar-refractivity contribution in [2.45, 2.75) is 11.8 Å². The van der Waals surface area contributed by atoms with E-state index in [4.69, 9.17) is 10.00 Å². The van der Waals surface area contributed by atoms with E-state index in [2.05, 4.69) is 10.0 Å². The fourth-order valence-corrected chi connectivity index (χ4v) is 3.62. The molecular weight excluding hydrogens is 402 g/mol. The molecule has 7 nitrogen and oxygen atoms in total. The molecule has 3 aromatic rings. The predicted octanol–water partition coefficient (Wildman–Crippen LogP) is 3.69. The number of nitrogens with zero attached hydrogens (tertiary/aromatic N) is 1. The normalized spacial score (nSPS) is 10.7. The van der Waals surface area contributed by atoms with E-state index in [1.807, 2.05) is 25.1 Å². The number of rotatable bonds is 7. The molecule has 0 unspecified atom stereocenters. The Morgan fingerprint density at radius 3 is 2.37 bits per heavy atom. The van der Waals surface area contributed by atoms with Gasteiger partial charge in [0.2, 0.25) is 0 Å². The van der Waals surface area contributed by atoms with Gasteiger partial charge in [0.15, 0.2) is 6.61 Å². The number of hydrogen-bond acceptors (Lipinski definition) is 5. The summed E-state index contributed by atoms with van der Waals surface area (Å²) < 4.78 is 32.9. The van der Waals surface area contributed by atoms with E-state index < -0.39 is 15.9 Å². The fourth-order valence-electron chi connectivity index (χ4n) is 2.56. The molecule has 3 rings (SSSR count). The molecule has 0 atom stereocenters. The molecule has 0 bridgehead atoms. The minimum Gasteiger partial charge on any atom is -0.484 e. The van der Waals surface area contributed by atoms with Crippen molar-refractivity contribution in [2.24, 2.45) is 0 Å². The minimum absolute atomic E-state index is 0.0770. The van der Waals surface area contributed by atoms with Crippen molar-refractivity contribution in [3.8, 4) is 11.8 Å². The van der Waals surface area contributed by atoms with Crippen molar-refractivity contribution in [2.75, 3.05) is 16.6 Å². The van der Waals surface area contributed by atoms with Gasteiger partial charge in [-0.15, -0.1) is 0 Å². The zero-order valence-electron chi connectivity index (χ0n) is 16.1. The molecule has 1 amide bonds. The number of nitrogens with one attached hydrogen (secondary N) is 2. The highest BCUT2D eigenvalue weighted by Crippen LogP contribution is 2.20. The Bertz CT molecular complexity index is 1180. The van der Waals surface area contributed by atoms with Gasteiger partial charge in [-0.3, -0.25) is 9.52 Å². The standard InChI is InChI=1S/C22H19N3O4S/c1-16-5-7-18(8-6-16)25-30(27,28)21-11-9-20(10-12-21)29-15-22(26)24-19-4-2-3-17(13-19)14-23/h2-13,25H,15H2,1H3,(H,24,26). The summed E-state index contributed by atoms with van der Waals surface area (Å²) in [5.41, 5.74) is 2.43. The molecule has 0 aliphatic carbocycles. The number of sulfonamides is 1. The number of ether oxygens (including phenoxy) is 1. The van der Waals surface area contributed by atoms with Gasteiger partial charge in [0.05, 0.1) is 16.5 Å². The van der Waals surface area contributed by atoms with E-state index in [1.165, 1.54) is 24.3 Å². The van der Waals surface area contributed by atoms with Crippen LogP contribution in [0.3, 0.4) is 0 Å². The topological polar surface area (TPSA) is 108 Å². The van der Waals surface area contributed by atoms with Gasteiger partial charge in [0, 0.05) is 11.4 Å². The van der Waals surface area contributed by atoms with Crippen LogP contribution in [0.1, 0.15) is 11.1 Å². The smallest absolute Gasteiger partial charge is 0.262 e. The van der Waals surface area contributed by atoms with Crippen LogP contribution in [0.4, 0.5) is 11.4 Å². The van der Waals surface area contributed by atoms with Gasteiger partial charge in [-0.2, -0.15) is 5.26 Å². The third-order valence-corrected chi connectivity index (χ3v) is 5.48. The first kappa shape index (κ1) is 20.9. The van der Waals surface area contributed by atoms with Gasteiger partial charge >= 0.3 is 0 Å². The van der Waals surface area contributed by atoms with Crippen LogP contribution in [0, 0.1) is 18.3 Å². The minimum atomic E-state index is -3.73. The second-order valence-corrected chi connectivity index (χ2v) is 8.15. The van der Waals surface area contributed by atoms with Crippen molar-refractivity contribution in [3.05, 3.63) is 83.9 Å². The molecule has 0 heterocycles. The third kappa shape index (κ3) is 5.59. The van der Waals surface area contributed by atoms with E-state index in [-0.39, 0.29) is 11.5 Å². The summed E-state index contributed by atoms with van der Waals surface area (Å²) in [7, 11) is -3.73.